The Hall–Kier alpha value is -3.56. The molecule has 0 saturated carbocycles. The van der Waals surface area contributed by atoms with Crippen LogP contribution in [-0.4, -0.2) is 5.91 Å². The van der Waals surface area contributed by atoms with Gasteiger partial charge < -0.3 is 15.4 Å². The van der Waals surface area contributed by atoms with E-state index in [0.717, 1.165) is 21.5 Å². The van der Waals surface area contributed by atoms with E-state index in [4.69, 9.17) is 4.74 Å². The lowest BCUT2D eigenvalue weighted by Crippen LogP contribution is -2.14. The molecular weight excluding hydrogens is 430 g/mol. The second kappa shape index (κ2) is 9.58. The molecule has 29 heavy (non-hydrogen) atoms. The number of amides is 1. The number of nitrogens with zero attached hydrogens (tertiary/aromatic N) is 1. The highest BCUT2D eigenvalue weighted by Crippen LogP contribution is 2.24. The monoisotopic (exact) mass is 447 g/mol. The van der Waals surface area contributed by atoms with Crippen LogP contribution in [0.3, 0.4) is 0 Å². The van der Waals surface area contributed by atoms with E-state index in [2.05, 4.69) is 26.6 Å². The van der Waals surface area contributed by atoms with Crippen molar-refractivity contribution in [2.75, 3.05) is 10.6 Å². The summed E-state index contributed by atoms with van der Waals surface area (Å²) in [5.74, 6) is 0.878. The van der Waals surface area contributed by atoms with E-state index in [1.807, 2.05) is 61.5 Å². The third kappa shape index (κ3) is 5.71. The molecule has 0 saturated heterocycles. The minimum absolute atomic E-state index is 0.0397. The molecule has 0 aliphatic heterocycles. The predicted molar refractivity (Wildman–Crippen MR) is 118 cm³/mol. The number of hydrogen-bond acceptors (Lipinski definition) is 4. The van der Waals surface area contributed by atoms with Crippen molar-refractivity contribution in [1.82, 2.24) is 0 Å². The molecule has 0 radical (unpaired) electrons. The predicted octanol–water partition coefficient (Wildman–Crippen LogP) is 6.01. The first-order valence-electron chi connectivity index (χ1n) is 8.82. The first kappa shape index (κ1) is 20.2. The minimum Gasteiger partial charge on any atom is -0.457 e. The van der Waals surface area contributed by atoms with Crippen LogP contribution in [0.5, 0.6) is 11.5 Å². The normalized spacial score (nSPS) is 10.7. The molecule has 0 unspecified atom stereocenters. The number of carbonyl (C=O) groups excluding carboxylic acids is 1. The average molecular weight is 448 g/mol. The molecule has 0 aliphatic carbocycles. The van der Waals surface area contributed by atoms with Crippen LogP contribution in [0.25, 0.3) is 0 Å². The van der Waals surface area contributed by atoms with Crippen molar-refractivity contribution in [1.29, 1.82) is 5.26 Å². The Bertz CT molecular complexity index is 1070. The van der Waals surface area contributed by atoms with Gasteiger partial charge in [-0.15, -0.1) is 0 Å². The number of carbonyl (C=O) groups is 1. The van der Waals surface area contributed by atoms with E-state index in [0.29, 0.717) is 11.4 Å². The Kier molecular flexibility index (Phi) is 6.67. The standard InChI is InChI=1S/C23H18BrN3O2/c1-16-7-12-22(21(24)13-16)26-15-17(14-25)23(28)27-18-8-10-20(11-9-18)29-19-5-3-2-4-6-19/h2-13,15,26H,1H3,(H,27,28)/b17-15-. The number of hydrogen-bond donors (Lipinski definition) is 2. The second-order valence-electron chi connectivity index (χ2n) is 6.19. The summed E-state index contributed by atoms with van der Waals surface area (Å²) in [4.78, 5) is 12.4. The van der Waals surface area contributed by atoms with Gasteiger partial charge >= 0.3 is 0 Å². The average Bonchev–Trinajstić information content (AvgIpc) is 2.72. The van der Waals surface area contributed by atoms with Gasteiger partial charge in [0, 0.05) is 16.4 Å². The molecule has 0 atom stereocenters. The summed E-state index contributed by atoms with van der Waals surface area (Å²) in [7, 11) is 0. The number of nitrogens with one attached hydrogen (secondary N) is 2. The van der Waals surface area contributed by atoms with Gasteiger partial charge in [-0.25, -0.2) is 0 Å². The maximum Gasteiger partial charge on any atom is 0.267 e. The van der Waals surface area contributed by atoms with Crippen LogP contribution in [0.2, 0.25) is 0 Å². The van der Waals surface area contributed by atoms with Gasteiger partial charge in [-0.3, -0.25) is 4.79 Å². The topological polar surface area (TPSA) is 74.2 Å². The van der Waals surface area contributed by atoms with E-state index in [1.54, 1.807) is 24.3 Å². The quantitative estimate of drug-likeness (QED) is 0.358. The molecule has 0 aromatic heterocycles. The Morgan fingerprint density at radius 1 is 1.03 bits per heavy atom. The smallest absolute Gasteiger partial charge is 0.267 e. The van der Waals surface area contributed by atoms with Crippen molar-refractivity contribution in [3.05, 3.63) is 94.6 Å². The molecule has 0 heterocycles. The fraction of sp³-hybridized carbons (Fsp3) is 0.0435. The number of anilines is 2. The highest BCUT2D eigenvalue weighted by Gasteiger charge is 2.10. The zero-order valence-electron chi connectivity index (χ0n) is 15.6. The molecule has 3 rings (SSSR count). The maximum absolute atomic E-state index is 12.4. The van der Waals surface area contributed by atoms with E-state index in [-0.39, 0.29) is 5.57 Å². The van der Waals surface area contributed by atoms with E-state index in [9.17, 15) is 10.1 Å². The third-order valence-corrected chi connectivity index (χ3v) is 4.61. The second-order valence-corrected chi connectivity index (χ2v) is 7.05. The summed E-state index contributed by atoms with van der Waals surface area (Å²) in [6.45, 7) is 1.98. The van der Waals surface area contributed by atoms with Gasteiger partial charge in [0.05, 0.1) is 5.69 Å². The molecule has 0 fully saturated rings. The molecule has 144 valence electrons. The van der Waals surface area contributed by atoms with Crippen molar-refractivity contribution in [3.8, 4) is 17.6 Å². The van der Waals surface area contributed by atoms with E-state index >= 15 is 0 Å². The molecule has 3 aromatic carbocycles. The number of halogens is 1. The molecule has 0 bridgehead atoms. The van der Waals surface area contributed by atoms with Crippen LogP contribution in [0, 0.1) is 18.3 Å². The Labute approximate surface area is 177 Å². The summed E-state index contributed by atoms with van der Waals surface area (Å²) < 4.78 is 6.57. The summed E-state index contributed by atoms with van der Waals surface area (Å²) >= 11 is 3.45. The lowest BCUT2D eigenvalue weighted by Gasteiger charge is -2.08. The van der Waals surface area contributed by atoms with Crippen LogP contribution in [-0.2, 0) is 4.79 Å². The van der Waals surface area contributed by atoms with Crippen molar-refractivity contribution in [2.24, 2.45) is 0 Å². The molecule has 3 aromatic rings. The molecule has 2 N–H and O–H groups in total. The number of ether oxygens (including phenoxy) is 1. The van der Waals surface area contributed by atoms with E-state index in [1.165, 1.54) is 6.20 Å². The van der Waals surface area contributed by atoms with Crippen LogP contribution < -0.4 is 15.4 Å². The maximum atomic E-state index is 12.4. The van der Waals surface area contributed by atoms with Crippen LogP contribution in [0.1, 0.15) is 5.56 Å². The molecule has 6 heteroatoms. The molecular formula is C23H18BrN3O2. The first-order chi connectivity index (χ1) is 14.0. The summed E-state index contributed by atoms with van der Waals surface area (Å²) in [6, 6.07) is 24.0. The van der Waals surface area contributed by atoms with Crippen molar-refractivity contribution in [2.45, 2.75) is 6.92 Å². The van der Waals surface area contributed by atoms with E-state index < -0.39 is 5.91 Å². The summed E-state index contributed by atoms with van der Waals surface area (Å²) in [6.07, 6.45) is 1.39. The largest absolute Gasteiger partial charge is 0.457 e. The van der Waals surface area contributed by atoms with Gasteiger partial charge in [0.15, 0.2) is 0 Å². The van der Waals surface area contributed by atoms with Crippen LogP contribution >= 0.6 is 15.9 Å². The first-order valence-corrected chi connectivity index (χ1v) is 9.62. The molecule has 0 spiro atoms. The molecule has 1 amide bonds. The van der Waals surface area contributed by atoms with Crippen molar-refractivity contribution < 1.29 is 9.53 Å². The highest BCUT2D eigenvalue weighted by molar-refractivity contribution is 9.10. The van der Waals surface area contributed by atoms with Gasteiger partial charge in [0.2, 0.25) is 0 Å². The number of nitriles is 1. The third-order valence-electron chi connectivity index (χ3n) is 3.95. The fourth-order valence-electron chi connectivity index (χ4n) is 2.47. The fourth-order valence-corrected chi connectivity index (χ4v) is 3.07. The summed E-state index contributed by atoms with van der Waals surface area (Å²) in [5.41, 5.74) is 2.39. The zero-order valence-corrected chi connectivity index (χ0v) is 17.2. The number of benzene rings is 3. The Balaban J connectivity index is 1.64. The lowest BCUT2D eigenvalue weighted by molar-refractivity contribution is -0.112. The Morgan fingerprint density at radius 2 is 1.72 bits per heavy atom. The Morgan fingerprint density at radius 3 is 2.38 bits per heavy atom. The SMILES string of the molecule is Cc1ccc(N/C=C(/C#N)C(=O)Nc2ccc(Oc3ccccc3)cc2)c(Br)c1. The van der Waals surface area contributed by atoms with Gasteiger partial charge in [0.1, 0.15) is 23.1 Å². The molecule has 0 aliphatic rings. The summed E-state index contributed by atoms with van der Waals surface area (Å²) in [5, 5.41) is 15.0. The van der Waals surface area contributed by atoms with Gasteiger partial charge in [-0.05, 0) is 76.9 Å². The number of aryl methyl sites for hydroxylation is 1. The van der Waals surface area contributed by atoms with Crippen LogP contribution in [0.15, 0.2) is 89.0 Å². The van der Waals surface area contributed by atoms with Crippen molar-refractivity contribution >= 4 is 33.2 Å². The van der Waals surface area contributed by atoms with Crippen molar-refractivity contribution in [3.63, 3.8) is 0 Å². The van der Waals surface area contributed by atoms with Crippen LogP contribution in [0.4, 0.5) is 11.4 Å². The highest BCUT2D eigenvalue weighted by atomic mass is 79.9. The van der Waals surface area contributed by atoms with Gasteiger partial charge in [-0.2, -0.15) is 5.26 Å². The zero-order chi connectivity index (χ0) is 20.6. The lowest BCUT2D eigenvalue weighted by atomic mass is 10.2. The van der Waals surface area contributed by atoms with Gasteiger partial charge in [0.25, 0.3) is 5.91 Å². The number of rotatable bonds is 6. The molecule has 5 nitrogen and oxygen atoms in total. The van der Waals surface area contributed by atoms with Gasteiger partial charge in [-0.1, -0.05) is 24.3 Å². The minimum atomic E-state index is -0.500. The number of para-hydroxylation sites is 1.